The second kappa shape index (κ2) is 3.19. The number of carbonyl (C=O) groups is 1. The van der Waals surface area contributed by atoms with Crippen LogP contribution in [0.25, 0.3) is 0 Å². The Bertz CT molecular complexity index is 73.9. The Labute approximate surface area is 42.6 Å². The highest BCUT2D eigenvalue weighted by molar-refractivity contribution is 7.96. The molecule has 0 aliphatic carbocycles. The molecule has 6 heavy (non-hydrogen) atoms. The molecule has 0 rings (SSSR count). The van der Waals surface area contributed by atoms with E-state index in [1.54, 1.807) is 0 Å². The van der Waals surface area contributed by atoms with Gasteiger partial charge in [-0.3, -0.25) is 4.79 Å². The van der Waals surface area contributed by atoms with Crippen LogP contribution in [0.2, 0.25) is 0 Å². The first kappa shape index (κ1) is 5.99. The van der Waals surface area contributed by atoms with Gasteiger partial charge in [-0.2, -0.15) is 0 Å². The van der Waals surface area contributed by atoms with Gasteiger partial charge in [-0.25, -0.2) is 0 Å². The number of carbonyl (C=O) groups excluding carboxylic acids is 1. The molecule has 34 valence electrons. The molecule has 0 aliphatic rings. The lowest BCUT2D eigenvalue weighted by molar-refractivity contribution is -0.115. The van der Waals surface area contributed by atoms with Crippen LogP contribution in [-0.4, -0.2) is 12.1 Å². The zero-order valence-electron chi connectivity index (χ0n) is 3.10. The van der Waals surface area contributed by atoms with Crippen LogP contribution in [0, 0.1) is 0 Å². The van der Waals surface area contributed by atoms with Gasteiger partial charge < -0.3 is 5.73 Å². The molecular formula is C2H5NOPS+. The summed E-state index contributed by atoms with van der Waals surface area (Å²) in [6.45, 7) is 0. The van der Waals surface area contributed by atoms with Crippen molar-refractivity contribution in [3.63, 3.8) is 0 Å². The topological polar surface area (TPSA) is 43.1 Å². The molecule has 0 bridgehead atoms. The molecule has 1 amide bonds. The van der Waals surface area contributed by atoms with Crippen molar-refractivity contribution in [1.29, 1.82) is 0 Å². The van der Waals surface area contributed by atoms with Crippen LogP contribution in [-0.2, 0) is 16.6 Å². The molecule has 0 aromatic rings. The van der Waals surface area contributed by atoms with Gasteiger partial charge in [-0.15, -0.1) is 0 Å². The van der Waals surface area contributed by atoms with Gasteiger partial charge in [-0.05, 0) is 0 Å². The minimum Gasteiger partial charge on any atom is -0.366 e. The van der Waals surface area contributed by atoms with Crippen molar-refractivity contribution in [3.8, 4) is 0 Å². The lowest BCUT2D eigenvalue weighted by atomic mass is 10.8. The number of amides is 1. The first-order valence-electron chi connectivity index (χ1n) is 1.40. The zero-order chi connectivity index (χ0) is 4.99. The summed E-state index contributed by atoms with van der Waals surface area (Å²) in [5.74, 6) is -0.302. The molecule has 4 heteroatoms. The van der Waals surface area contributed by atoms with E-state index in [1.165, 1.54) is 0 Å². The highest BCUT2D eigenvalue weighted by Gasteiger charge is 1.91. The van der Waals surface area contributed by atoms with Gasteiger partial charge >= 0.3 is 0 Å². The molecule has 0 aliphatic heterocycles. The third-order valence-corrected chi connectivity index (χ3v) is 1.17. The maximum absolute atomic E-state index is 9.76. The SMILES string of the molecule is NC(=O)C[PH+]=S. The van der Waals surface area contributed by atoms with E-state index in [4.69, 9.17) is 5.73 Å². The summed E-state index contributed by atoms with van der Waals surface area (Å²) in [5.41, 5.74) is 4.70. The average molecular weight is 122 g/mol. The molecule has 0 aromatic heterocycles. The molecule has 0 radical (unpaired) electrons. The lowest BCUT2D eigenvalue weighted by Crippen LogP contribution is -2.10. The molecule has 2 N–H and O–H groups in total. The molecular weight excluding hydrogens is 117 g/mol. The van der Waals surface area contributed by atoms with Crippen molar-refractivity contribution in [2.75, 3.05) is 6.16 Å². The average Bonchev–Trinajstić information content (AvgIpc) is 1.35. The Morgan fingerprint density at radius 1 is 2.00 bits per heavy atom. The van der Waals surface area contributed by atoms with Crippen LogP contribution < -0.4 is 5.73 Å². The summed E-state index contributed by atoms with van der Waals surface area (Å²) < 4.78 is 0. The van der Waals surface area contributed by atoms with Crippen molar-refractivity contribution < 1.29 is 4.79 Å². The van der Waals surface area contributed by atoms with Gasteiger partial charge in [0.1, 0.15) is 0 Å². The Kier molecular flexibility index (Phi) is 3.19. The van der Waals surface area contributed by atoms with Crippen molar-refractivity contribution in [1.82, 2.24) is 0 Å². The largest absolute Gasteiger partial charge is 0.366 e. The first-order chi connectivity index (χ1) is 2.77. The van der Waals surface area contributed by atoms with Gasteiger partial charge in [0.25, 0.3) is 5.91 Å². The van der Waals surface area contributed by atoms with Gasteiger partial charge in [0.15, 0.2) is 25.3 Å². The van der Waals surface area contributed by atoms with Gasteiger partial charge in [0.2, 0.25) is 0 Å². The Balaban J connectivity index is 3.05. The van der Waals surface area contributed by atoms with Gasteiger partial charge in [-0.1, -0.05) is 0 Å². The maximum atomic E-state index is 9.76. The molecule has 0 saturated carbocycles. The zero-order valence-corrected chi connectivity index (χ0v) is 4.92. The second-order valence-electron chi connectivity index (χ2n) is 0.787. The fraction of sp³-hybridized carbons (Fsp3) is 0.500. The summed E-state index contributed by atoms with van der Waals surface area (Å²) in [4.78, 5) is 9.76. The predicted molar refractivity (Wildman–Crippen MR) is 29.7 cm³/mol. The van der Waals surface area contributed by atoms with Crippen LogP contribution in [0.5, 0.6) is 0 Å². The fourth-order valence-electron chi connectivity index (χ4n) is 0.0711. The monoisotopic (exact) mass is 122 g/mol. The molecule has 1 unspecified atom stereocenters. The number of nitrogens with two attached hydrogens (primary N) is 1. The van der Waals surface area contributed by atoms with Crippen LogP contribution in [0.4, 0.5) is 0 Å². The summed E-state index contributed by atoms with van der Waals surface area (Å²) in [7, 11) is 0.247. The van der Waals surface area contributed by atoms with Crippen molar-refractivity contribution >= 4 is 25.1 Å². The van der Waals surface area contributed by atoms with E-state index in [9.17, 15) is 4.79 Å². The second-order valence-corrected chi connectivity index (χ2v) is 2.30. The highest BCUT2D eigenvalue weighted by atomic mass is 32.4. The van der Waals surface area contributed by atoms with E-state index in [2.05, 4.69) is 11.8 Å². The number of hydrogen-bond donors (Lipinski definition) is 1. The van der Waals surface area contributed by atoms with E-state index in [-0.39, 0.29) is 13.3 Å². The summed E-state index contributed by atoms with van der Waals surface area (Å²) in [6.07, 6.45) is 0.356. The third-order valence-electron chi connectivity index (χ3n) is 0.246. The molecule has 0 saturated heterocycles. The highest BCUT2D eigenvalue weighted by Crippen LogP contribution is 1.85. The molecule has 0 heterocycles. The van der Waals surface area contributed by atoms with Crippen LogP contribution in [0.3, 0.4) is 0 Å². The normalized spacial score (nSPS) is 8.67. The molecule has 1 atom stereocenters. The van der Waals surface area contributed by atoms with Crippen molar-refractivity contribution in [2.24, 2.45) is 5.73 Å². The first-order valence-corrected chi connectivity index (χ1v) is 3.74. The molecule has 0 fully saturated rings. The van der Waals surface area contributed by atoms with Crippen LogP contribution >= 0.6 is 7.36 Å². The summed E-state index contributed by atoms with van der Waals surface area (Å²) in [6, 6.07) is 0. The number of primary amides is 1. The number of rotatable bonds is 2. The smallest absolute Gasteiger partial charge is 0.263 e. The van der Waals surface area contributed by atoms with E-state index in [0.29, 0.717) is 6.16 Å². The Morgan fingerprint density at radius 2 is 2.50 bits per heavy atom. The molecule has 0 aromatic carbocycles. The lowest BCUT2D eigenvalue weighted by Gasteiger charge is -1.67. The maximum Gasteiger partial charge on any atom is 0.263 e. The minimum atomic E-state index is -0.302. The standard InChI is InChI=1S/C2H4NOPS/c3-2(4)1-5-6/h1H2,(H2,3,4)/p+1. The van der Waals surface area contributed by atoms with Gasteiger partial charge in [0.05, 0.1) is 0 Å². The minimum absolute atomic E-state index is 0.247. The Morgan fingerprint density at radius 3 is 2.50 bits per heavy atom. The molecule has 2 nitrogen and oxygen atoms in total. The van der Waals surface area contributed by atoms with E-state index < -0.39 is 0 Å². The van der Waals surface area contributed by atoms with Gasteiger partial charge in [0, 0.05) is 0 Å². The van der Waals surface area contributed by atoms with Crippen LogP contribution in [0.1, 0.15) is 0 Å². The Hall–Kier alpha value is -0.0100. The van der Waals surface area contributed by atoms with E-state index in [0.717, 1.165) is 0 Å². The summed E-state index contributed by atoms with van der Waals surface area (Å²) in [5, 5.41) is 0. The predicted octanol–water partition coefficient (Wildman–Crippen LogP) is -0.388. The van der Waals surface area contributed by atoms with Crippen molar-refractivity contribution in [3.05, 3.63) is 0 Å². The number of hydrogen-bond acceptors (Lipinski definition) is 2. The van der Waals surface area contributed by atoms with Crippen LogP contribution in [0.15, 0.2) is 0 Å². The fourth-order valence-corrected chi connectivity index (χ4v) is 0.640. The molecule has 0 spiro atoms. The quantitative estimate of drug-likeness (QED) is 0.507. The summed E-state index contributed by atoms with van der Waals surface area (Å²) >= 11 is 4.46. The third kappa shape index (κ3) is 3.99. The van der Waals surface area contributed by atoms with Crippen molar-refractivity contribution in [2.45, 2.75) is 0 Å². The van der Waals surface area contributed by atoms with E-state index >= 15 is 0 Å². The van der Waals surface area contributed by atoms with E-state index in [1.807, 2.05) is 0 Å².